The smallest absolute Gasteiger partial charge is 0.106 e. The first kappa shape index (κ1) is 9.30. The summed E-state index contributed by atoms with van der Waals surface area (Å²) in [6.45, 7) is 10.7. The zero-order valence-corrected chi connectivity index (χ0v) is 8.68. The third kappa shape index (κ3) is 1.38. The highest BCUT2D eigenvalue weighted by atomic mass is 15.1. The largest absolute Gasteiger partial charge is 0.330 e. The van der Waals surface area contributed by atoms with Crippen LogP contribution in [0.3, 0.4) is 0 Å². The molecule has 1 unspecified atom stereocenters. The van der Waals surface area contributed by atoms with E-state index in [0.717, 1.165) is 17.9 Å². The summed E-state index contributed by atoms with van der Waals surface area (Å²) in [5.74, 6) is 1.14. The number of hydrogen-bond donors (Lipinski definition) is 0. The predicted molar refractivity (Wildman–Crippen MR) is 51.4 cm³/mol. The van der Waals surface area contributed by atoms with Gasteiger partial charge in [0, 0.05) is 11.7 Å². The molecule has 0 amide bonds. The molecule has 68 valence electrons. The van der Waals surface area contributed by atoms with Crippen LogP contribution in [0.15, 0.2) is 0 Å². The van der Waals surface area contributed by atoms with Crippen LogP contribution in [-0.2, 0) is 0 Å². The fourth-order valence-electron chi connectivity index (χ4n) is 1.63. The fraction of sp³-hybridized carbons (Fsp3) is 0.700. The Hall–Kier alpha value is -0.790. The molecular formula is C10H18N2. The van der Waals surface area contributed by atoms with E-state index in [2.05, 4.69) is 44.2 Å². The maximum atomic E-state index is 4.44. The van der Waals surface area contributed by atoms with Crippen LogP contribution in [0.25, 0.3) is 0 Å². The van der Waals surface area contributed by atoms with Crippen molar-refractivity contribution in [2.45, 2.75) is 47.1 Å². The molecule has 1 atom stereocenters. The van der Waals surface area contributed by atoms with Crippen molar-refractivity contribution in [1.82, 2.24) is 9.55 Å². The normalized spacial score (nSPS) is 13.4. The Morgan fingerprint density at radius 2 is 1.92 bits per heavy atom. The lowest BCUT2D eigenvalue weighted by Crippen LogP contribution is -2.07. The van der Waals surface area contributed by atoms with Crippen LogP contribution < -0.4 is 0 Å². The summed E-state index contributed by atoms with van der Waals surface area (Å²) in [7, 11) is 0. The van der Waals surface area contributed by atoms with Gasteiger partial charge in [-0.15, -0.1) is 0 Å². The van der Waals surface area contributed by atoms with Crippen LogP contribution in [0.4, 0.5) is 0 Å². The van der Waals surface area contributed by atoms with Crippen molar-refractivity contribution in [2.24, 2.45) is 0 Å². The molecule has 0 saturated heterocycles. The quantitative estimate of drug-likeness (QED) is 0.660. The molecule has 0 saturated carbocycles. The lowest BCUT2D eigenvalue weighted by Gasteiger charge is -2.14. The molecular weight excluding hydrogens is 148 g/mol. The molecule has 2 heteroatoms. The lowest BCUT2D eigenvalue weighted by atomic mass is 10.2. The van der Waals surface area contributed by atoms with Gasteiger partial charge < -0.3 is 4.57 Å². The Labute approximate surface area is 74.6 Å². The Morgan fingerprint density at radius 1 is 1.33 bits per heavy atom. The van der Waals surface area contributed by atoms with Gasteiger partial charge in [0.05, 0.1) is 5.69 Å². The van der Waals surface area contributed by atoms with Gasteiger partial charge in [-0.05, 0) is 34.1 Å². The Kier molecular flexibility index (Phi) is 2.55. The van der Waals surface area contributed by atoms with Crippen molar-refractivity contribution in [1.29, 1.82) is 0 Å². The molecule has 0 bridgehead atoms. The van der Waals surface area contributed by atoms with Crippen LogP contribution in [-0.4, -0.2) is 9.55 Å². The van der Waals surface area contributed by atoms with Crippen LogP contribution in [0.5, 0.6) is 0 Å². The second-order valence-electron chi connectivity index (χ2n) is 3.46. The Balaban J connectivity index is 3.13. The van der Waals surface area contributed by atoms with E-state index in [1.165, 1.54) is 5.69 Å². The van der Waals surface area contributed by atoms with Gasteiger partial charge in [-0.25, -0.2) is 4.98 Å². The van der Waals surface area contributed by atoms with Crippen LogP contribution in [0, 0.1) is 20.8 Å². The maximum Gasteiger partial charge on any atom is 0.106 e. The molecule has 1 heterocycles. The number of aromatic nitrogens is 2. The number of imidazole rings is 1. The highest BCUT2D eigenvalue weighted by Crippen LogP contribution is 2.18. The summed E-state index contributed by atoms with van der Waals surface area (Å²) < 4.78 is 2.31. The molecule has 0 aliphatic rings. The summed E-state index contributed by atoms with van der Waals surface area (Å²) in [4.78, 5) is 4.44. The van der Waals surface area contributed by atoms with E-state index in [0.29, 0.717) is 6.04 Å². The minimum absolute atomic E-state index is 0.575. The first-order valence-electron chi connectivity index (χ1n) is 4.60. The minimum Gasteiger partial charge on any atom is -0.330 e. The van der Waals surface area contributed by atoms with Crippen molar-refractivity contribution in [2.75, 3.05) is 0 Å². The summed E-state index contributed by atoms with van der Waals surface area (Å²) in [6.07, 6.45) is 1.16. The topological polar surface area (TPSA) is 17.8 Å². The van der Waals surface area contributed by atoms with E-state index in [9.17, 15) is 0 Å². The maximum absolute atomic E-state index is 4.44. The summed E-state index contributed by atoms with van der Waals surface area (Å²) in [5, 5.41) is 0. The second kappa shape index (κ2) is 3.30. The van der Waals surface area contributed by atoms with E-state index < -0.39 is 0 Å². The molecule has 0 aliphatic carbocycles. The summed E-state index contributed by atoms with van der Waals surface area (Å²) in [6, 6.07) is 0.575. The molecule has 2 nitrogen and oxygen atoms in total. The number of hydrogen-bond acceptors (Lipinski definition) is 1. The van der Waals surface area contributed by atoms with Crippen LogP contribution in [0.1, 0.15) is 43.5 Å². The third-order valence-electron chi connectivity index (χ3n) is 2.59. The van der Waals surface area contributed by atoms with Crippen molar-refractivity contribution in [3.63, 3.8) is 0 Å². The fourth-order valence-corrected chi connectivity index (χ4v) is 1.63. The predicted octanol–water partition coefficient (Wildman–Crippen LogP) is 2.78. The number of aryl methyl sites for hydroxylation is 2. The molecule has 0 fully saturated rings. The number of rotatable bonds is 2. The molecule has 0 radical (unpaired) electrons. The molecule has 1 rings (SSSR count). The Bertz CT molecular complexity index is 274. The van der Waals surface area contributed by atoms with Gasteiger partial charge in [0.15, 0.2) is 0 Å². The zero-order valence-electron chi connectivity index (χ0n) is 8.68. The van der Waals surface area contributed by atoms with E-state index in [4.69, 9.17) is 0 Å². The average Bonchev–Trinajstić information content (AvgIpc) is 2.26. The number of nitrogens with zero attached hydrogens (tertiary/aromatic N) is 2. The van der Waals surface area contributed by atoms with E-state index >= 15 is 0 Å². The van der Waals surface area contributed by atoms with Gasteiger partial charge in [0.1, 0.15) is 5.82 Å². The van der Waals surface area contributed by atoms with Gasteiger partial charge in [-0.3, -0.25) is 0 Å². The molecule has 12 heavy (non-hydrogen) atoms. The van der Waals surface area contributed by atoms with E-state index in [-0.39, 0.29) is 0 Å². The van der Waals surface area contributed by atoms with Crippen molar-refractivity contribution < 1.29 is 0 Å². The van der Waals surface area contributed by atoms with E-state index in [1.807, 2.05) is 0 Å². The first-order chi connectivity index (χ1) is 5.57. The highest BCUT2D eigenvalue weighted by Gasteiger charge is 2.10. The van der Waals surface area contributed by atoms with Crippen LogP contribution in [0.2, 0.25) is 0 Å². The van der Waals surface area contributed by atoms with Gasteiger partial charge in [-0.2, -0.15) is 0 Å². The van der Waals surface area contributed by atoms with Gasteiger partial charge in [0.25, 0.3) is 0 Å². The van der Waals surface area contributed by atoms with Gasteiger partial charge in [0.2, 0.25) is 0 Å². The SMILES string of the molecule is CCC(C)n1c(C)nc(C)c1C. The summed E-state index contributed by atoms with van der Waals surface area (Å²) >= 11 is 0. The molecule has 1 aromatic heterocycles. The van der Waals surface area contributed by atoms with Crippen molar-refractivity contribution >= 4 is 0 Å². The molecule has 0 spiro atoms. The molecule has 0 aromatic carbocycles. The lowest BCUT2D eigenvalue weighted by molar-refractivity contribution is 0.507. The molecule has 0 aliphatic heterocycles. The Morgan fingerprint density at radius 3 is 2.25 bits per heavy atom. The highest BCUT2D eigenvalue weighted by molar-refractivity contribution is 5.14. The monoisotopic (exact) mass is 166 g/mol. The van der Waals surface area contributed by atoms with Crippen molar-refractivity contribution in [3.05, 3.63) is 17.2 Å². The van der Waals surface area contributed by atoms with E-state index in [1.54, 1.807) is 0 Å². The van der Waals surface area contributed by atoms with Gasteiger partial charge in [-0.1, -0.05) is 6.92 Å². The second-order valence-corrected chi connectivity index (χ2v) is 3.46. The molecule has 0 N–H and O–H groups in total. The summed E-state index contributed by atoms with van der Waals surface area (Å²) in [5.41, 5.74) is 2.47. The average molecular weight is 166 g/mol. The van der Waals surface area contributed by atoms with Gasteiger partial charge >= 0.3 is 0 Å². The standard InChI is InChI=1S/C10H18N2/c1-6-7(2)12-9(4)8(3)11-10(12)5/h7H,6H2,1-5H3. The first-order valence-corrected chi connectivity index (χ1v) is 4.60. The minimum atomic E-state index is 0.575. The molecule has 1 aromatic rings. The zero-order chi connectivity index (χ0) is 9.30. The van der Waals surface area contributed by atoms with Crippen molar-refractivity contribution in [3.8, 4) is 0 Å². The van der Waals surface area contributed by atoms with Crippen LogP contribution >= 0.6 is 0 Å². The third-order valence-corrected chi connectivity index (χ3v) is 2.59.